The zero-order chi connectivity index (χ0) is 14.8. The lowest BCUT2D eigenvalue weighted by Gasteiger charge is -2.26. The summed E-state index contributed by atoms with van der Waals surface area (Å²) in [5.41, 5.74) is 0.822. The van der Waals surface area contributed by atoms with Crippen LogP contribution in [0.3, 0.4) is 0 Å². The molecule has 0 bridgehead atoms. The molecule has 3 rings (SSSR count). The molecule has 0 amide bonds. The second-order valence-corrected chi connectivity index (χ2v) is 5.97. The van der Waals surface area contributed by atoms with Crippen LogP contribution in [0.4, 0.5) is 4.39 Å². The average molecular weight is 295 g/mol. The first-order valence-electron chi connectivity index (χ1n) is 7.57. The Morgan fingerprint density at radius 3 is 2.81 bits per heavy atom. The highest BCUT2D eigenvalue weighted by atomic mass is 19.1. The number of aliphatic hydroxyl groups excluding tert-OH is 1. The van der Waals surface area contributed by atoms with Crippen LogP contribution < -0.4 is 9.47 Å². The van der Waals surface area contributed by atoms with E-state index in [-0.39, 0.29) is 5.92 Å². The lowest BCUT2D eigenvalue weighted by Crippen LogP contribution is -2.29. The van der Waals surface area contributed by atoms with Crippen molar-refractivity contribution in [2.45, 2.75) is 25.6 Å². The highest BCUT2D eigenvalue weighted by molar-refractivity contribution is 5.44. The highest BCUT2D eigenvalue weighted by Crippen LogP contribution is 2.34. The van der Waals surface area contributed by atoms with E-state index in [1.54, 1.807) is 0 Å². The van der Waals surface area contributed by atoms with Gasteiger partial charge in [0.2, 0.25) is 0 Å². The minimum Gasteiger partial charge on any atom is -0.486 e. The van der Waals surface area contributed by atoms with Gasteiger partial charge in [0.05, 0.1) is 6.10 Å². The Labute approximate surface area is 124 Å². The molecule has 0 saturated carbocycles. The summed E-state index contributed by atoms with van der Waals surface area (Å²) in [6.07, 6.45) is -0.699. The number of likely N-dealkylation sites (tertiary alicyclic amines) is 1. The molecule has 1 fully saturated rings. The molecule has 5 heteroatoms. The van der Waals surface area contributed by atoms with Crippen molar-refractivity contribution in [1.29, 1.82) is 0 Å². The second kappa shape index (κ2) is 6.20. The van der Waals surface area contributed by atoms with Gasteiger partial charge in [-0.05, 0) is 30.0 Å². The molecule has 0 aromatic heterocycles. The van der Waals surface area contributed by atoms with Crippen molar-refractivity contribution in [3.63, 3.8) is 0 Å². The van der Waals surface area contributed by atoms with Crippen molar-refractivity contribution in [3.05, 3.63) is 23.8 Å². The van der Waals surface area contributed by atoms with E-state index in [0.29, 0.717) is 38.5 Å². The van der Waals surface area contributed by atoms with Gasteiger partial charge in [0.1, 0.15) is 19.4 Å². The summed E-state index contributed by atoms with van der Waals surface area (Å²) in [5, 5.41) is 10.5. The van der Waals surface area contributed by atoms with Gasteiger partial charge in [-0.25, -0.2) is 4.39 Å². The first-order valence-corrected chi connectivity index (χ1v) is 7.57. The molecule has 2 aliphatic heterocycles. The van der Waals surface area contributed by atoms with Gasteiger partial charge >= 0.3 is 0 Å². The summed E-state index contributed by atoms with van der Waals surface area (Å²) in [6, 6.07) is 5.56. The summed E-state index contributed by atoms with van der Waals surface area (Å²) in [5.74, 6) is 1.46. The molecular weight excluding hydrogens is 273 g/mol. The topological polar surface area (TPSA) is 41.9 Å². The maximum atomic E-state index is 13.2. The number of nitrogens with zero attached hydrogens (tertiary/aromatic N) is 1. The number of hydrogen-bond donors (Lipinski definition) is 1. The van der Waals surface area contributed by atoms with Crippen molar-refractivity contribution in [2.24, 2.45) is 5.92 Å². The Morgan fingerprint density at radius 1 is 1.33 bits per heavy atom. The van der Waals surface area contributed by atoms with Gasteiger partial charge in [-0.3, -0.25) is 4.90 Å². The van der Waals surface area contributed by atoms with Gasteiger partial charge in [0, 0.05) is 19.6 Å². The van der Waals surface area contributed by atoms with Gasteiger partial charge in [-0.2, -0.15) is 0 Å². The van der Waals surface area contributed by atoms with E-state index < -0.39 is 12.3 Å². The first-order chi connectivity index (χ1) is 10.1. The Hall–Kier alpha value is -1.33. The van der Waals surface area contributed by atoms with Gasteiger partial charge in [-0.1, -0.05) is 13.0 Å². The van der Waals surface area contributed by atoms with Crippen molar-refractivity contribution < 1.29 is 19.0 Å². The Morgan fingerprint density at radius 2 is 2.10 bits per heavy atom. The average Bonchev–Trinajstić information content (AvgIpc) is 2.91. The number of alkyl halides is 1. The summed E-state index contributed by atoms with van der Waals surface area (Å²) in [6.45, 7) is 5.05. The molecule has 1 saturated heterocycles. The minimum absolute atomic E-state index is 0.0397. The number of ether oxygens (including phenoxy) is 2. The highest BCUT2D eigenvalue weighted by Gasteiger charge is 2.26. The van der Waals surface area contributed by atoms with Crippen molar-refractivity contribution in [1.82, 2.24) is 4.90 Å². The van der Waals surface area contributed by atoms with Gasteiger partial charge in [0.25, 0.3) is 0 Å². The van der Waals surface area contributed by atoms with E-state index in [9.17, 15) is 9.50 Å². The molecule has 1 aromatic rings. The molecule has 0 aliphatic carbocycles. The summed E-state index contributed by atoms with van der Waals surface area (Å²) >= 11 is 0. The maximum Gasteiger partial charge on any atom is 0.161 e. The van der Waals surface area contributed by atoms with Crippen molar-refractivity contribution in [2.75, 3.05) is 32.8 Å². The molecule has 0 radical (unpaired) electrons. The Bertz CT molecular complexity index is 496. The zero-order valence-corrected chi connectivity index (χ0v) is 12.3. The van der Waals surface area contributed by atoms with E-state index >= 15 is 0 Å². The van der Waals surface area contributed by atoms with E-state index in [4.69, 9.17) is 9.47 Å². The number of aliphatic hydroxyl groups is 1. The molecule has 21 heavy (non-hydrogen) atoms. The largest absolute Gasteiger partial charge is 0.486 e. The fraction of sp³-hybridized carbons (Fsp3) is 0.625. The number of benzene rings is 1. The molecule has 116 valence electrons. The monoisotopic (exact) mass is 295 g/mol. The van der Waals surface area contributed by atoms with Crippen molar-refractivity contribution in [3.8, 4) is 11.5 Å². The lowest BCUT2D eigenvalue weighted by molar-refractivity contribution is 0.0920. The van der Waals surface area contributed by atoms with Crippen LogP contribution in [0, 0.1) is 5.92 Å². The SMILES string of the molecule is C[C@H](CN1CC[C@@H](F)C1)[C@H](O)c1ccc2c(c1)OCCO2. The van der Waals surface area contributed by atoms with E-state index in [0.717, 1.165) is 17.9 Å². The van der Waals surface area contributed by atoms with E-state index in [1.807, 2.05) is 25.1 Å². The normalized spacial score (nSPS) is 24.8. The van der Waals surface area contributed by atoms with Gasteiger partial charge in [-0.15, -0.1) is 0 Å². The number of fused-ring (bicyclic) bond motifs is 1. The van der Waals surface area contributed by atoms with Crippen LogP contribution in [0.5, 0.6) is 11.5 Å². The standard InChI is InChI=1S/C16H22FNO3/c1-11(9-18-5-4-13(17)10-18)16(19)12-2-3-14-15(8-12)21-7-6-20-14/h2-3,8,11,13,16,19H,4-7,9-10H2,1H3/t11-,13-,16+/m1/s1. The quantitative estimate of drug-likeness (QED) is 0.924. The molecule has 1 aromatic carbocycles. The molecule has 0 unspecified atom stereocenters. The lowest BCUT2D eigenvalue weighted by atomic mass is 9.96. The van der Waals surface area contributed by atoms with E-state index in [1.165, 1.54) is 0 Å². The number of hydrogen-bond acceptors (Lipinski definition) is 4. The zero-order valence-electron chi connectivity index (χ0n) is 12.3. The second-order valence-electron chi connectivity index (χ2n) is 5.97. The Balaban J connectivity index is 1.65. The molecule has 4 nitrogen and oxygen atoms in total. The van der Waals surface area contributed by atoms with Crippen LogP contribution in [0.15, 0.2) is 18.2 Å². The minimum atomic E-state index is -0.719. The van der Waals surface area contributed by atoms with Gasteiger partial charge < -0.3 is 14.6 Å². The molecule has 1 N–H and O–H groups in total. The summed E-state index contributed by atoms with van der Waals surface area (Å²) < 4.78 is 24.2. The molecule has 3 atom stereocenters. The number of rotatable bonds is 4. The smallest absolute Gasteiger partial charge is 0.161 e. The molecular formula is C16H22FNO3. The number of halogens is 1. The molecule has 2 aliphatic rings. The third-order valence-corrected chi connectivity index (χ3v) is 4.21. The fourth-order valence-electron chi connectivity index (χ4n) is 3.03. The van der Waals surface area contributed by atoms with Crippen LogP contribution in [-0.2, 0) is 0 Å². The summed E-state index contributed by atoms with van der Waals surface area (Å²) in [7, 11) is 0. The van der Waals surface area contributed by atoms with E-state index in [2.05, 4.69) is 4.90 Å². The third kappa shape index (κ3) is 3.30. The predicted octanol–water partition coefficient (Wildman–Crippen LogP) is 2.17. The van der Waals surface area contributed by atoms with Crippen molar-refractivity contribution >= 4 is 0 Å². The van der Waals surface area contributed by atoms with Crippen LogP contribution in [-0.4, -0.2) is 49.0 Å². The third-order valence-electron chi connectivity index (χ3n) is 4.21. The van der Waals surface area contributed by atoms with Crippen LogP contribution >= 0.6 is 0 Å². The van der Waals surface area contributed by atoms with Crippen LogP contribution in [0.2, 0.25) is 0 Å². The molecule has 0 spiro atoms. The molecule has 2 heterocycles. The van der Waals surface area contributed by atoms with Crippen LogP contribution in [0.1, 0.15) is 25.0 Å². The first kappa shape index (κ1) is 14.6. The fourth-order valence-corrected chi connectivity index (χ4v) is 3.03. The summed E-state index contributed by atoms with van der Waals surface area (Å²) in [4.78, 5) is 2.08. The van der Waals surface area contributed by atoms with Gasteiger partial charge in [0.15, 0.2) is 11.5 Å². The van der Waals surface area contributed by atoms with Crippen LogP contribution in [0.25, 0.3) is 0 Å². The Kier molecular flexibility index (Phi) is 4.31. The predicted molar refractivity (Wildman–Crippen MR) is 77.5 cm³/mol. The maximum absolute atomic E-state index is 13.2.